The zero-order valence-corrected chi connectivity index (χ0v) is 10.3. The first-order chi connectivity index (χ1) is 7.76. The van der Waals surface area contributed by atoms with E-state index in [1.165, 1.54) is 0 Å². The van der Waals surface area contributed by atoms with Gasteiger partial charge in [0.2, 0.25) is 5.91 Å². The summed E-state index contributed by atoms with van der Waals surface area (Å²) < 4.78 is 0. The lowest BCUT2D eigenvalue weighted by atomic mass is 10.2. The quantitative estimate of drug-likeness (QED) is 0.779. The number of carbonyl (C=O) groups is 1. The van der Waals surface area contributed by atoms with Crippen LogP contribution in [0.1, 0.15) is 26.2 Å². The second-order valence-corrected chi connectivity index (χ2v) is 5.50. The Balaban J connectivity index is 1.95. The molecule has 2 heterocycles. The van der Waals surface area contributed by atoms with Gasteiger partial charge in [-0.05, 0) is 19.3 Å². The van der Waals surface area contributed by atoms with Crippen molar-refractivity contribution in [3.8, 4) is 6.07 Å². The van der Waals surface area contributed by atoms with Crippen LogP contribution >= 0.6 is 11.8 Å². The molecule has 16 heavy (non-hydrogen) atoms. The van der Waals surface area contributed by atoms with Gasteiger partial charge in [0.05, 0.1) is 17.5 Å². The molecule has 2 aliphatic heterocycles. The van der Waals surface area contributed by atoms with Gasteiger partial charge in [-0.2, -0.15) is 5.26 Å². The highest BCUT2D eigenvalue weighted by Crippen LogP contribution is 2.24. The Morgan fingerprint density at radius 2 is 2.50 bits per heavy atom. The summed E-state index contributed by atoms with van der Waals surface area (Å²) in [5.41, 5.74) is 0. The van der Waals surface area contributed by atoms with Gasteiger partial charge in [0.25, 0.3) is 0 Å². The number of amides is 1. The summed E-state index contributed by atoms with van der Waals surface area (Å²) in [5.74, 6) is 0.957. The van der Waals surface area contributed by atoms with Gasteiger partial charge in [0.15, 0.2) is 0 Å². The molecule has 0 radical (unpaired) electrons. The number of thioether (sulfide) groups is 1. The van der Waals surface area contributed by atoms with Crippen LogP contribution in [0.15, 0.2) is 0 Å². The Morgan fingerprint density at radius 1 is 1.69 bits per heavy atom. The van der Waals surface area contributed by atoms with Crippen molar-refractivity contribution >= 4 is 17.7 Å². The van der Waals surface area contributed by atoms with Crippen LogP contribution in [-0.4, -0.2) is 40.6 Å². The molecule has 2 rings (SSSR count). The van der Waals surface area contributed by atoms with Crippen molar-refractivity contribution in [2.75, 3.05) is 12.3 Å². The molecule has 0 aromatic carbocycles. The molecular formula is C11H17N3OS. The highest BCUT2D eigenvalue weighted by molar-refractivity contribution is 8.00. The summed E-state index contributed by atoms with van der Waals surface area (Å²) in [4.78, 5) is 13.9. The molecule has 0 aromatic heterocycles. The lowest BCUT2D eigenvalue weighted by molar-refractivity contribution is -0.132. The molecule has 0 aromatic rings. The van der Waals surface area contributed by atoms with Crippen LogP contribution in [0.5, 0.6) is 0 Å². The van der Waals surface area contributed by atoms with Gasteiger partial charge in [-0.25, -0.2) is 0 Å². The molecule has 0 spiro atoms. The zero-order valence-electron chi connectivity index (χ0n) is 9.48. The minimum absolute atomic E-state index is 0.0797. The first-order valence-electron chi connectivity index (χ1n) is 5.84. The van der Waals surface area contributed by atoms with E-state index in [2.05, 4.69) is 18.3 Å². The third-order valence-electron chi connectivity index (χ3n) is 3.20. The van der Waals surface area contributed by atoms with Crippen LogP contribution in [0.25, 0.3) is 0 Å². The highest BCUT2D eigenvalue weighted by Gasteiger charge is 2.36. The van der Waals surface area contributed by atoms with Crippen molar-refractivity contribution in [2.45, 2.75) is 43.6 Å². The summed E-state index contributed by atoms with van der Waals surface area (Å²) in [7, 11) is 0. The Morgan fingerprint density at radius 3 is 3.12 bits per heavy atom. The molecule has 3 atom stereocenters. The number of nitrogens with one attached hydrogen (secondary N) is 1. The third-order valence-corrected chi connectivity index (χ3v) is 4.60. The van der Waals surface area contributed by atoms with Gasteiger partial charge >= 0.3 is 0 Å². The standard InChI is InChI=1S/C11H17N3OS/c1-2-10-13-9(7-16-10)11(15)14-5-3-4-8(14)6-12/h8-10,13H,2-5,7H2,1H3/t8-,9-,10?/m0/s1. The number of hydrogen-bond donors (Lipinski definition) is 1. The van der Waals surface area contributed by atoms with Crippen molar-refractivity contribution < 1.29 is 4.79 Å². The lowest BCUT2D eigenvalue weighted by Crippen LogP contribution is -2.47. The van der Waals surface area contributed by atoms with E-state index in [1.807, 2.05) is 0 Å². The Hall–Kier alpha value is -0.730. The molecule has 2 fully saturated rings. The topological polar surface area (TPSA) is 56.1 Å². The largest absolute Gasteiger partial charge is 0.325 e. The van der Waals surface area contributed by atoms with Gasteiger partial charge in [-0.3, -0.25) is 10.1 Å². The van der Waals surface area contributed by atoms with Crippen molar-refractivity contribution in [1.29, 1.82) is 5.26 Å². The Labute approximate surface area is 100 Å². The van der Waals surface area contributed by atoms with Crippen LogP contribution in [0, 0.1) is 11.3 Å². The van der Waals surface area contributed by atoms with E-state index in [0.717, 1.165) is 31.6 Å². The molecule has 1 unspecified atom stereocenters. The van der Waals surface area contributed by atoms with E-state index in [9.17, 15) is 4.79 Å². The van der Waals surface area contributed by atoms with E-state index in [1.54, 1.807) is 16.7 Å². The summed E-state index contributed by atoms with van der Waals surface area (Å²) >= 11 is 1.80. The van der Waals surface area contributed by atoms with Crippen molar-refractivity contribution in [3.63, 3.8) is 0 Å². The highest BCUT2D eigenvalue weighted by atomic mass is 32.2. The molecular weight excluding hydrogens is 222 g/mol. The predicted octanol–water partition coefficient (Wildman–Crippen LogP) is 0.942. The number of nitriles is 1. The second kappa shape index (κ2) is 5.07. The SMILES string of the molecule is CCC1N[C@H](C(=O)N2CCC[C@H]2C#N)CS1. The molecule has 0 saturated carbocycles. The maximum atomic E-state index is 12.2. The van der Waals surface area contributed by atoms with E-state index in [0.29, 0.717) is 5.37 Å². The second-order valence-electron chi connectivity index (χ2n) is 4.27. The minimum Gasteiger partial charge on any atom is -0.325 e. The predicted molar refractivity (Wildman–Crippen MR) is 63.8 cm³/mol. The normalized spacial score (nSPS) is 34.0. The fourth-order valence-corrected chi connectivity index (χ4v) is 3.44. The average molecular weight is 239 g/mol. The van der Waals surface area contributed by atoms with Crippen molar-refractivity contribution in [3.05, 3.63) is 0 Å². The van der Waals surface area contributed by atoms with E-state index < -0.39 is 0 Å². The number of likely N-dealkylation sites (tertiary alicyclic amines) is 1. The molecule has 88 valence electrons. The van der Waals surface area contributed by atoms with E-state index >= 15 is 0 Å². The summed E-state index contributed by atoms with van der Waals surface area (Å²) in [5, 5.41) is 12.7. The maximum Gasteiger partial charge on any atom is 0.241 e. The first kappa shape index (κ1) is 11.7. The maximum absolute atomic E-state index is 12.2. The summed E-state index contributed by atoms with van der Waals surface area (Å²) in [6, 6.07) is 1.94. The van der Waals surface area contributed by atoms with Crippen molar-refractivity contribution in [2.24, 2.45) is 0 Å². The van der Waals surface area contributed by atoms with E-state index in [-0.39, 0.29) is 18.0 Å². The molecule has 4 nitrogen and oxygen atoms in total. The van der Waals surface area contributed by atoms with Crippen molar-refractivity contribution in [1.82, 2.24) is 10.2 Å². The lowest BCUT2D eigenvalue weighted by Gasteiger charge is -2.23. The Kier molecular flexibility index (Phi) is 3.72. The summed E-state index contributed by atoms with van der Waals surface area (Å²) in [6.07, 6.45) is 2.83. The smallest absolute Gasteiger partial charge is 0.241 e. The molecule has 0 bridgehead atoms. The van der Waals surface area contributed by atoms with Gasteiger partial charge in [0.1, 0.15) is 6.04 Å². The third kappa shape index (κ3) is 2.18. The fourth-order valence-electron chi connectivity index (χ4n) is 2.28. The molecule has 1 amide bonds. The number of rotatable bonds is 2. The first-order valence-corrected chi connectivity index (χ1v) is 6.89. The van der Waals surface area contributed by atoms with Crippen LogP contribution < -0.4 is 5.32 Å². The monoisotopic (exact) mass is 239 g/mol. The molecule has 5 heteroatoms. The summed E-state index contributed by atoms with van der Waals surface area (Å²) in [6.45, 7) is 2.86. The molecule has 2 aliphatic rings. The number of hydrogen-bond acceptors (Lipinski definition) is 4. The Bertz CT molecular complexity index is 315. The van der Waals surface area contributed by atoms with Crippen LogP contribution in [0.4, 0.5) is 0 Å². The van der Waals surface area contributed by atoms with Crippen LogP contribution in [0.2, 0.25) is 0 Å². The zero-order chi connectivity index (χ0) is 11.5. The number of nitrogens with zero attached hydrogens (tertiary/aromatic N) is 2. The molecule has 2 saturated heterocycles. The van der Waals surface area contributed by atoms with Crippen LogP contribution in [0.3, 0.4) is 0 Å². The van der Waals surface area contributed by atoms with Gasteiger partial charge < -0.3 is 4.90 Å². The number of carbonyl (C=O) groups excluding carboxylic acids is 1. The molecule has 1 N–H and O–H groups in total. The van der Waals surface area contributed by atoms with Gasteiger partial charge in [-0.15, -0.1) is 11.8 Å². The average Bonchev–Trinajstić information content (AvgIpc) is 2.96. The van der Waals surface area contributed by atoms with Crippen LogP contribution in [-0.2, 0) is 4.79 Å². The van der Waals surface area contributed by atoms with Gasteiger partial charge in [0, 0.05) is 12.3 Å². The van der Waals surface area contributed by atoms with Gasteiger partial charge in [-0.1, -0.05) is 6.92 Å². The van der Waals surface area contributed by atoms with E-state index in [4.69, 9.17) is 5.26 Å². The minimum atomic E-state index is -0.194. The molecule has 0 aliphatic carbocycles. The fraction of sp³-hybridized carbons (Fsp3) is 0.818.